The van der Waals surface area contributed by atoms with Gasteiger partial charge in [0.25, 0.3) is 0 Å². The van der Waals surface area contributed by atoms with Crippen molar-refractivity contribution in [3.8, 4) is 55.6 Å². The summed E-state index contributed by atoms with van der Waals surface area (Å²) in [5.74, 6) is 0. The predicted molar refractivity (Wildman–Crippen MR) is 275 cm³/mol. The summed E-state index contributed by atoms with van der Waals surface area (Å²) in [4.78, 5) is 2.34. The Kier molecular flexibility index (Phi) is 8.56. The minimum Gasteiger partial charge on any atom is -0.455 e. The van der Waals surface area contributed by atoms with Crippen molar-refractivity contribution >= 4 is 60.9 Å². The zero-order valence-electron chi connectivity index (χ0n) is 36.6. The monoisotopic (exact) mass is 845 g/mol. The van der Waals surface area contributed by atoms with Gasteiger partial charge in [0.1, 0.15) is 22.3 Å². The molecule has 12 aromatic rings. The summed E-state index contributed by atoms with van der Waals surface area (Å²) in [6.07, 6.45) is 0. The number of nitrogens with zero attached hydrogens (tertiary/aromatic N) is 1. The molecule has 13 rings (SSSR count). The van der Waals surface area contributed by atoms with Gasteiger partial charge in [0.15, 0.2) is 0 Å². The summed E-state index contributed by atoms with van der Waals surface area (Å²) in [6.45, 7) is 4.67. The molecule has 0 saturated carbocycles. The van der Waals surface area contributed by atoms with Crippen LogP contribution in [0.5, 0.6) is 0 Å². The lowest BCUT2D eigenvalue weighted by atomic mass is 9.82. The van der Waals surface area contributed by atoms with Crippen molar-refractivity contribution in [2.45, 2.75) is 19.3 Å². The van der Waals surface area contributed by atoms with Crippen molar-refractivity contribution in [2.75, 3.05) is 4.90 Å². The quantitative estimate of drug-likeness (QED) is 0.160. The first kappa shape index (κ1) is 38.1. The number of hydrogen-bond donors (Lipinski definition) is 0. The lowest BCUT2D eigenvalue weighted by Crippen LogP contribution is -2.14. The molecule has 0 amide bonds. The number of furan rings is 2. The van der Waals surface area contributed by atoms with Crippen LogP contribution in [0.4, 0.5) is 17.1 Å². The lowest BCUT2D eigenvalue weighted by Gasteiger charge is -2.26. The molecule has 0 aliphatic heterocycles. The Morgan fingerprint density at radius 3 is 1.39 bits per heavy atom. The summed E-state index contributed by atoms with van der Waals surface area (Å²) in [5, 5.41) is 4.49. The third kappa shape index (κ3) is 6.04. The van der Waals surface area contributed by atoms with E-state index in [9.17, 15) is 0 Å². The van der Waals surface area contributed by atoms with Crippen LogP contribution in [0, 0.1) is 0 Å². The van der Waals surface area contributed by atoms with E-state index in [1.807, 2.05) is 24.3 Å². The highest BCUT2D eigenvalue weighted by Crippen LogP contribution is 2.50. The van der Waals surface area contributed by atoms with Crippen LogP contribution >= 0.6 is 0 Å². The second-order valence-electron chi connectivity index (χ2n) is 18.0. The van der Waals surface area contributed by atoms with E-state index in [1.165, 1.54) is 38.9 Å². The van der Waals surface area contributed by atoms with E-state index in [0.29, 0.717) is 0 Å². The van der Waals surface area contributed by atoms with Crippen molar-refractivity contribution in [3.05, 3.63) is 236 Å². The van der Waals surface area contributed by atoms with E-state index < -0.39 is 0 Å². The smallest absolute Gasteiger partial charge is 0.143 e. The molecule has 0 bridgehead atoms. The molecule has 0 saturated heterocycles. The van der Waals surface area contributed by atoms with Gasteiger partial charge in [-0.2, -0.15) is 0 Å². The normalized spacial score (nSPS) is 12.8. The van der Waals surface area contributed by atoms with E-state index in [2.05, 4.69) is 219 Å². The van der Waals surface area contributed by atoms with Gasteiger partial charge >= 0.3 is 0 Å². The van der Waals surface area contributed by atoms with E-state index in [4.69, 9.17) is 8.83 Å². The van der Waals surface area contributed by atoms with Gasteiger partial charge < -0.3 is 13.7 Å². The zero-order valence-corrected chi connectivity index (χ0v) is 36.6. The molecule has 1 aliphatic rings. The molecule has 66 heavy (non-hydrogen) atoms. The molecule has 3 nitrogen and oxygen atoms in total. The van der Waals surface area contributed by atoms with Gasteiger partial charge in [-0.15, -0.1) is 0 Å². The molecule has 0 spiro atoms. The maximum Gasteiger partial charge on any atom is 0.143 e. The van der Waals surface area contributed by atoms with Crippen LogP contribution in [0.25, 0.3) is 99.5 Å². The molecule has 10 aromatic carbocycles. The van der Waals surface area contributed by atoms with Crippen LogP contribution in [0.3, 0.4) is 0 Å². The number of fused-ring (bicyclic) bond motifs is 9. The number of benzene rings is 10. The largest absolute Gasteiger partial charge is 0.455 e. The van der Waals surface area contributed by atoms with Gasteiger partial charge in [-0.1, -0.05) is 184 Å². The van der Waals surface area contributed by atoms with Crippen molar-refractivity contribution in [3.63, 3.8) is 0 Å². The van der Waals surface area contributed by atoms with Crippen LogP contribution < -0.4 is 4.90 Å². The lowest BCUT2D eigenvalue weighted by molar-refractivity contribution is 0.660. The molecule has 0 radical (unpaired) electrons. The maximum atomic E-state index is 6.52. The zero-order chi connectivity index (χ0) is 43.9. The highest BCUT2D eigenvalue weighted by atomic mass is 16.3. The molecule has 0 unspecified atom stereocenters. The average molecular weight is 846 g/mol. The van der Waals surface area contributed by atoms with E-state index in [1.54, 1.807) is 0 Å². The van der Waals surface area contributed by atoms with Gasteiger partial charge in [-0.05, 0) is 110 Å². The summed E-state index contributed by atoms with van der Waals surface area (Å²) in [5.41, 5.74) is 21.3. The summed E-state index contributed by atoms with van der Waals surface area (Å²) >= 11 is 0. The molecule has 0 atom stereocenters. The summed E-state index contributed by atoms with van der Waals surface area (Å²) in [7, 11) is 0. The maximum absolute atomic E-state index is 6.52. The number of hydrogen-bond acceptors (Lipinski definition) is 3. The standard InChI is InChI=1S/C63H43NO2/c1-63(2)57-21-6-3-14-51(57)56-39-44(32-37-58(56)63)42-26-24-40(25-27-42)41-28-33-46(34-29-41)64(47-35-30-43(31-36-47)49-17-10-19-54-52-15-4-7-22-59(52)65-61(49)54)48-13-9-12-45(38-48)50-18-11-20-55-53-16-5-8-23-60(53)66-62(50)55/h3-39H,1-2H3. The highest BCUT2D eigenvalue weighted by Gasteiger charge is 2.35. The fourth-order valence-corrected chi connectivity index (χ4v) is 10.6. The van der Waals surface area contributed by atoms with Crippen LogP contribution in [-0.2, 0) is 5.41 Å². The Bertz CT molecular complexity index is 3830. The molecule has 0 fully saturated rings. The minimum atomic E-state index is -0.00216. The number of anilines is 3. The van der Waals surface area contributed by atoms with E-state index in [0.717, 1.165) is 88.8 Å². The van der Waals surface area contributed by atoms with E-state index >= 15 is 0 Å². The second-order valence-corrected chi connectivity index (χ2v) is 18.0. The third-order valence-electron chi connectivity index (χ3n) is 13.9. The van der Waals surface area contributed by atoms with Crippen LogP contribution in [0.1, 0.15) is 25.0 Å². The van der Waals surface area contributed by atoms with Crippen LogP contribution in [0.15, 0.2) is 233 Å². The number of para-hydroxylation sites is 4. The first-order chi connectivity index (χ1) is 32.5. The molecule has 312 valence electrons. The molecule has 2 aromatic heterocycles. The SMILES string of the molecule is CC1(C)c2ccccc2-c2cc(-c3ccc(-c4ccc(N(c5ccc(-c6cccc7c6oc6ccccc67)cc5)c5cccc(-c6cccc7c6oc6ccccc67)c5)cc4)cc3)ccc21. The fraction of sp³-hybridized carbons (Fsp3) is 0.0476. The molecule has 3 heteroatoms. The summed E-state index contributed by atoms with van der Waals surface area (Å²) < 4.78 is 13.0. The van der Waals surface area contributed by atoms with Gasteiger partial charge in [0, 0.05) is 55.1 Å². The van der Waals surface area contributed by atoms with Crippen molar-refractivity contribution in [2.24, 2.45) is 0 Å². The van der Waals surface area contributed by atoms with E-state index in [-0.39, 0.29) is 5.41 Å². The molecule has 1 aliphatic carbocycles. The van der Waals surface area contributed by atoms with Crippen molar-refractivity contribution < 1.29 is 8.83 Å². The molecular weight excluding hydrogens is 803 g/mol. The second kappa shape index (κ2) is 14.8. The third-order valence-corrected chi connectivity index (χ3v) is 13.9. The van der Waals surface area contributed by atoms with Crippen LogP contribution in [-0.4, -0.2) is 0 Å². The van der Waals surface area contributed by atoms with Gasteiger partial charge in [-0.25, -0.2) is 0 Å². The average Bonchev–Trinajstić information content (AvgIpc) is 4.02. The molecule has 2 heterocycles. The topological polar surface area (TPSA) is 29.5 Å². The Balaban J connectivity index is 0.868. The minimum absolute atomic E-state index is 0.00216. The Morgan fingerprint density at radius 1 is 0.303 bits per heavy atom. The predicted octanol–water partition coefficient (Wildman–Crippen LogP) is 17.9. The van der Waals surface area contributed by atoms with Gasteiger partial charge in [0.2, 0.25) is 0 Å². The highest BCUT2D eigenvalue weighted by molar-refractivity contribution is 6.11. The van der Waals surface area contributed by atoms with Crippen molar-refractivity contribution in [1.29, 1.82) is 0 Å². The number of rotatable bonds is 7. The Hall–Kier alpha value is -8.40. The first-order valence-electron chi connectivity index (χ1n) is 22.7. The summed E-state index contributed by atoms with van der Waals surface area (Å²) in [6, 6.07) is 80.8. The van der Waals surface area contributed by atoms with Gasteiger partial charge in [-0.3, -0.25) is 0 Å². The fourth-order valence-electron chi connectivity index (χ4n) is 10.6. The van der Waals surface area contributed by atoms with Gasteiger partial charge in [0.05, 0.1) is 0 Å². The first-order valence-corrected chi connectivity index (χ1v) is 22.7. The Morgan fingerprint density at radius 2 is 0.758 bits per heavy atom. The van der Waals surface area contributed by atoms with Crippen molar-refractivity contribution in [1.82, 2.24) is 0 Å². The van der Waals surface area contributed by atoms with Crippen LogP contribution in [0.2, 0.25) is 0 Å². The molecular formula is C63H43NO2. The Labute approximate surface area is 383 Å². The molecule has 0 N–H and O–H groups in total.